The molecule has 1 aliphatic rings. The summed E-state index contributed by atoms with van der Waals surface area (Å²) in [7, 11) is 0. The highest BCUT2D eigenvalue weighted by molar-refractivity contribution is 5.96. The maximum atomic E-state index is 13.5. The van der Waals surface area contributed by atoms with Crippen LogP contribution in [0.3, 0.4) is 0 Å². The highest BCUT2D eigenvalue weighted by Crippen LogP contribution is 2.28. The van der Waals surface area contributed by atoms with E-state index in [1.807, 2.05) is 91.9 Å². The van der Waals surface area contributed by atoms with E-state index in [2.05, 4.69) is 20.4 Å². The molecule has 3 aromatic carbocycles. The molecule has 7 heteroatoms. The number of nitrogens with zero attached hydrogens (tertiary/aromatic N) is 2. The average Bonchev–Trinajstić information content (AvgIpc) is 2.88. The number of piperazine rings is 1. The number of hydrogen-bond donors (Lipinski definition) is 2. The molecular formula is C28H32N4O3. The van der Waals surface area contributed by atoms with Crippen LogP contribution in [0.15, 0.2) is 84.9 Å². The molecule has 182 valence electrons. The molecule has 0 bridgehead atoms. The summed E-state index contributed by atoms with van der Waals surface area (Å²) in [5, 5.41) is 6.02. The molecular weight excluding hydrogens is 440 g/mol. The van der Waals surface area contributed by atoms with Crippen LogP contribution >= 0.6 is 0 Å². The zero-order valence-corrected chi connectivity index (χ0v) is 20.0. The van der Waals surface area contributed by atoms with Crippen LogP contribution in [-0.2, 0) is 9.59 Å². The molecule has 1 saturated heterocycles. The van der Waals surface area contributed by atoms with Crippen molar-refractivity contribution in [2.45, 2.75) is 13.0 Å². The molecule has 35 heavy (non-hydrogen) atoms. The van der Waals surface area contributed by atoms with Crippen molar-refractivity contribution in [2.75, 3.05) is 50.0 Å². The smallest absolute Gasteiger partial charge is 0.246 e. The molecule has 2 amide bonds. The van der Waals surface area contributed by atoms with E-state index in [0.717, 1.165) is 11.3 Å². The minimum atomic E-state index is -0.439. The predicted octanol–water partition coefficient (Wildman–Crippen LogP) is 4.02. The van der Waals surface area contributed by atoms with Gasteiger partial charge in [-0.3, -0.25) is 19.4 Å². The minimum absolute atomic E-state index is 0.0328. The number of nitrogens with one attached hydrogen (secondary N) is 2. The second kappa shape index (κ2) is 12.1. The van der Waals surface area contributed by atoms with Gasteiger partial charge in [0.1, 0.15) is 11.8 Å². The standard InChI is InChI=1S/C28H32N4O3/c1-2-35-25-16-10-9-15-24(25)30-28(34)27(22-11-5-3-6-12-22)32-19-17-31(18-20-32)21-26(33)29-23-13-7-4-8-14-23/h3-16,27H,2,17-21H2,1H3,(H,29,33)(H,30,34). The van der Waals surface area contributed by atoms with Gasteiger partial charge < -0.3 is 15.4 Å². The highest BCUT2D eigenvalue weighted by atomic mass is 16.5. The largest absolute Gasteiger partial charge is 0.492 e. The molecule has 0 saturated carbocycles. The first kappa shape index (κ1) is 24.4. The Morgan fingerprint density at radius 1 is 0.829 bits per heavy atom. The van der Waals surface area contributed by atoms with Gasteiger partial charge in [-0.2, -0.15) is 0 Å². The van der Waals surface area contributed by atoms with E-state index in [4.69, 9.17) is 4.74 Å². The molecule has 3 aromatic rings. The first-order valence-electron chi connectivity index (χ1n) is 12.0. The molecule has 4 rings (SSSR count). The van der Waals surface area contributed by atoms with Crippen LogP contribution in [0, 0.1) is 0 Å². The molecule has 1 heterocycles. The molecule has 7 nitrogen and oxygen atoms in total. The van der Waals surface area contributed by atoms with Crippen molar-refractivity contribution in [2.24, 2.45) is 0 Å². The lowest BCUT2D eigenvalue weighted by molar-refractivity contribution is -0.123. The summed E-state index contributed by atoms with van der Waals surface area (Å²) in [6.45, 7) is 5.53. The number of para-hydroxylation sites is 3. The lowest BCUT2D eigenvalue weighted by Gasteiger charge is -2.38. The Bertz CT molecular complexity index is 1100. The van der Waals surface area contributed by atoms with E-state index in [0.29, 0.717) is 50.8 Å². The fourth-order valence-electron chi connectivity index (χ4n) is 4.32. The predicted molar refractivity (Wildman–Crippen MR) is 139 cm³/mol. The fourth-order valence-corrected chi connectivity index (χ4v) is 4.32. The summed E-state index contributed by atoms with van der Waals surface area (Å²) in [5.74, 6) is 0.526. The number of rotatable bonds is 9. The Labute approximate surface area is 206 Å². The topological polar surface area (TPSA) is 73.9 Å². The molecule has 1 unspecified atom stereocenters. The normalized spacial score (nSPS) is 15.2. The van der Waals surface area contributed by atoms with Crippen LogP contribution < -0.4 is 15.4 Å². The second-order valence-electron chi connectivity index (χ2n) is 8.46. The van der Waals surface area contributed by atoms with Gasteiger partial charge in [-0.15, -0.1) is 0 Å². The summed E-state index contributed by atoms with van der Waals surface area (Å²) >= 11 is 0. The van der Waals surface area contributed by atoms with Gasteiger partial charge in [-0.05, 0) is 36.8 Å². The third-order valence-corrected chi connectivity index (χ3v) is 6.01. The maximum Gasteiger partial charge on any atom is 0.246 e. The fraction of sp³-hybridized carbons (Fsp3) is 0.286. The van der Waals surface area contributed by atoms with Crippen LogP contribution in [0.5, 0.6) is 5.75 Å². The van der Waals surface area contributed by atoms with Gasteiger partial charge in [-0.25, -0.2) is 0 Å². The van der Waals surface area contributed by atoms with E-state index in [1.165, 1.54) is 0 Å². The quantitative estimate of drug-likeness (QED) is 0.492. The van der Waals surface area contributed by atoms with Crippen molar-refractivity contribution in [1.82, 2.24) is 9.80 Å². The molecule has 2 N–H and O–H groups in total. The van der Waals surface area contributed by atoms with Crippen LogP contribution in [0.25, 0.3) is 0 Å². The number of benzene rings is 3. The summed E-state index contributed by atoms with van der Waals surface area (Å²) in [6, 6.07) is 26.3. The zero-order valence-electron chi connectivity index (χ0n) is 20.0. The van der Waals surface area contributed by atoms with Crippen LogP contribution in [-0.4, -0.2) is 60.9 Å². The molecule has 1 atom stereocenters. The van der Waals surface area contributed by atoms with Gasteiger partial charge >= 0.3 is 0 Å². The number of anilines is 2. The Morgan fingerprint density at radius 3 is 2.14 bits per heavy atom. The van der Waals surface area contributed by atoms with E-state index in [1.54, 1.807) is 0 Å². The average molecular weight is 473 g/mol. The summed E-state index contributed by atoms with van der Waals surface area (Å²) in [5.41, 5.74) is 2.40. The Balaban J connectivity index is 1.41. The van der Waals surface area contributed by atoms with E-state index in [-0.39, 0.29) is 11.8 Å². The molecule has 0 radical (unpaired) electrons. The molecule has 1 aliphatic heterocycles. The second-order valence-corrected chi connectivity index (χ2v) is 8.46. The van der Waals surface area contributed by atoms with Crippen LogP contribution in [0.2, 0.25) is 0 Å². The van der Waals surface area contributed by atoms with Gasteiger partial charge in [0.25, 0.3) is 0 Å². The number of carbonyl (C=O) groups excluding carboxylic acids is 2. The van der Waals surface area contributed by atoms with Crippen molar-refractivity contribution < 1.29 is 14.3 Å². The van der Waals surface area contributed by atoms with Crippen LogP contribution in [0.4, 0.5) is 11.4 Å². The van der Waals surface area contributed by atoms with Crippen molar-refractivity contribution in [3.8, 4) is 5.75 Å². The van der Waals surface area contributed by atoms with Gasteiger partial charge in [0.05, 0.1) is 18.8 Å². The van der Waals surface area contributed by atoms with Crippen LogP contribution in [0.1, 0.15) is 18.5 Å². The Kier molecular flexibility index (Phi) is 8.48. The molecule has 1 fully saturated rings. The number of ether oxygens (including phenoxy) is 1. The first-order valence-corrected chi connectivity index (χ1v) is 12.0. The lowest BCUT2D eigenvalue weighted by atomic mass is 10.0. The van der Waals surface area contributed by atoms with E-state index >= 15 is 0 Å². The molecule has 0 spiro atoms. The monoisotopic (exact) mass is 472 g/mol. The summed E-state index contributed by atoms with van der Waals surface area (Å²) in [4.78, 5) is 30.3. The van der Waals surface area contributed by atoms with Crippen molar-refractivity contribution in [3.05, 3.63) is 90.5 Å². The van der Waals surface area contributed by atoms with Gasteiger partial charge in [0.2, 0.25) is 11.8 Å². The van der Waals surface area contributed by atoms with Crippen molar-refractivity contribution in [1.29, 1.82) is 0 Å². The van der Waals surface area contributed by atoms with E-state index in [9.17, 15) is 9.59 Å². The first-order chi connectivity index (χ1) is 17.1. The minimum Gasteiger partial charge on any atom is -0.492 e. The third-order valence-electron chi connectivity index (χ3n) is 6.01. The lowest BCUT2D eigenvalue weighted by Crippen LogP contribution is -2.51. The third kappa shape index (κ3) is 6.68. The van der Waals surface area contributed by atoms with Gasteiger partial charge in [0, 0.05) is 31.9 Å². The van der Waals surface area contributed by atoms with E-state index < -0.39 is 6.04 Å². The number of hydrogen-bond acceptors (Lipinski definition) is 5. The number of amides is 2. The van der Waals surface area contributed by atoms with Crippen molar-refractivity contribution in [3.63, 3.8) is 0 Å². The Hall–Kier alpha value is -3.68. The number of carbonyl (C=O) groups is 2. The van der Waals surface area contributed by atoms with Gasteiger partial charge in [0.15, 0.2) is 0 Å². The SMILES string of the molecule is CCOc1ccccc1NC(=O)C(c1ccccc1)N1CCN(CC(=O)Nc2ccccc2)CC1. The van der Waals surface area contributed by atoms with Gasteiger partial charge in [-0.1, -0.05) is 60.7 Å². The zero-order chi connectivity index (χ0) is 24.5. The highest BCUT2D eigenvalue weighted by Gasteiger charge is 2.31. The summed E-state index contributed by atoms with van der Waals surface area (Å²) < 4.78 is 5.69. The Morgan fingerprint density at radius 2 is 1.46 bits per heavy atom. The van der Waals surface area contributed by atoms with Crippen molar-refractivity contribution >= 4 is 23.2 Å². The summed E-state index contributed by atoms with van der Waals surface area (Å²) in [6.07, 6.45) is 0. The maximum absolute atomic E-state index is 13.5. The molecule has 0 aliphatic carbocycles. The molecule has 0 aromatic heterocycles.